The number of nitrogens with zero attached hydrogens (tertiary/aromatic N) is 1. The highest BCUT2D eigenvalue weighted by Crippen LogP contribution is 2.25. The SMILES string of the molecule is CCC(C)(C)C(=O)N(C)c1ccc(N)cc1. The summed E-state index contributed by atoms with van der Waals surface area (Å²) < 4.78 is 0. The molecule has 0 saturated carbocycles. The van der Waals surface area contributed by atoms with Crippen molar-refractivity contribution in [3.05, 3.63) is 24.3 Å². The predicted octanol–water partition coefficient (Wildman–Crippen LogP) is 2.67. The van der Waals surface area contributed by atoms with Crippen LogP contribution in [0.2, 0.25) is 0 Å². The van der Waals surface area contributed by atoms with Gasteiger partial charge in [-0.25, -0.2) is 0 Å². The normalized spacial score (nSPS) is 11.2. The zero-order valence-electron chi connectivity index (χ0n) is 10.4. The molecule has 0 heterocycles. The van der Waals surface area contributed by atoms with E-state index in [1.807, 2.05) is 32.9 Å². The Morgan fingerprint density at radius 1 is 1.31 bits per heavy atom. The number of benzene rings is 1. The lowest BCUT2D eigenvalue weighted by molar-refractivity contribution is -0.126. The van der Waals surface area contributed by atoms with Gasteiger partial charge in [0, 0.05) is 23.8 Å². The van der Waals surface area contributed by atoms with Crippen molar-refractivity contribution in [2.24, 2.45) is 5.41 Å². The lowest BCUT2D eigenvalue weighted by atomic mass is 9.88. The Morgan fingerprint density at radius 3 is 2.25 bits per heavy atom. The van der Waals surface area contributed by atoms with Gasteiger partial charge >= 0.3 is 0 Å². The van der Waals surface area contributed by atoms with Crippen LogP contribution in [0, 0.1) is 5.41 Å². The van der Waals surface area contributed by atoms with Gasteiger partial charge in [-0.1, -0.05) is 20.8 Å². The summed E-state index contributed by atoms with van der Waals surface area (Å²) in [5, 5.41) is 0. The van der Waals surface area contributed by atoms with Crippen molar-refractivity contribution < 1.29 is 4.79 Å². The van der Waals surface area contributed by atoms with E-state index in [-0.39, 0.29) is 11.3 Å². The van der Waals surface area contributed by atoms with Gasteiger partial charge in [0.1, 0.15) is 0 Å². The molecule has 1 amide bonds. The average molecular weight is 220 g/mol. The quantitative estimate of drug-likeness (QED) is 0.796. The molecule has 0 radical (unpaired) electrons. The fourth-order valence-corrected chi connectivity index (χ4v) is 1.42. The van der Waals surface area contributed by atoms with Gasteiger partial charge in [-0.05, 0) is 30.7 Å². The van der Waals surface area contributed by atoms with Gasteiger partial charge in [-0.15, -0.1) is 0 Å². The molecular weight excluding hydrogens is 200 g/mol. The van der Waals surface area contributed by atoms with Crippen LogP contribution in [0.15, 0.2) is 24.3 Å². The molecule has 0 aliphatic rings. The van der Waals surface area contributed by atoms with Gasteiger partial charge in [0.25, 0.3) is 0 Å². The summed E-state index contributed by atoms with van der Waals surface area (Å²) in [6, 6.07) is 7.33. The summed E-state index contributed by atoms with van der Waals surface area (Å²) in [4.78, 5) is 13.9. The Labute approximate surface area is 97.2 Å². The van der Waals surface area contributed by atoms with E-state index in [0.29, 0.717) is 5.69 Å². The van der Waals surface area contributed by atoms with Crippen LogP contribution in [0.5, 0.6) is 0 Å². The first-order valence-corrected chi connectivity index (χ1v) is 5.52. The molecule has 0 aliphatic heterocycles. The molecule has 3 heteroatoms. The topological polar surface area (TPSA) is 46.3 Å². The fourth-order valence-electron chi connectivity index (χ4n) is 1.42. The summed E-state index contributed by atoms with van der Waals surface area (Å²) in [6.45, 7) is 5.95. The highest BCUT2D eigenvalue weighted by atomic mass is 16.2. The first kappa shape index (κ1) is 12.6. The summed E-state index contributed by atoms with van der Waals surface area (Å²) in [6.07, 6.45) is 0.825. The number of nitrogens with two attached hydrogens (primary N) is 1. The molecule has 0 unspecified atom stereocenters. The molecule has 0 bridgehead atoms. The Morgan fingerprint density at radius 2 is 1.81 bits per heavy atom. The van der Waals surface area contributed by atoms with E-state index < -0.39 is 0 Å². The third-order valence-electron chi connectivity index (χ3n) is 3.05. The largest absolute Gasteiger partial charge is 0.399 e. The van der Waals surface area contributed by atoms with Crippen LogP contribution in [0.25, 0.3) is 0 Å². The van der Waals surface area contributed by atoms with Gasteiger partial charge in [-0.2, -0.15) is 0 Å². The minimum Gasteiger partial charge on any atom is -0.399 e. The standard InChI is InChI=1S/C13H20N2O/c1-5-13(2,3)12(16)15(4)11-8-6-10(14)7-9-11/h6-9H,5,14H2,1-4H3. The second-order valence-corrected chi connectivity index (χ2v) is 4.69. The lowest BCUT2D eigenvalue weighted by Crippen LogP contribution is -2.38. The molecule has 0 aromatic heterocycles. The van der Waals surface area contributed by atoms with Crippen molar-refractivity contribution in [3.8, 4) is 0 Å². The Kier molecular flexibility index (Phi) is 3.58. The van der Waals surface area contributed by atoms with Crippen LogP contribution >= 0.6 is 0 Å². The molecule has 1 aromatic rings. The molecule has 0 atom stereocenters. The van der Waals surface area contributed by atoms with Gasteiger partial charge in [-0.3, -0.25) is 4.79 Å². The minimum atomic E-state index is -0.323. The van der Waals surface area contributed by atoms with Crippen molar-refractivity contribution >= 4 is 17.3 Å². The minimum absolute atomic E-state index is 0.125. The maximum absolute atomic E-state index is 12.2. The maximum Gasteiger partial charge on any atom is 0.232 e. The Balaban J connectivity index is 2.90. The number of nitrogen functional groups attached to an aromatic ring is 1. The molecule has 1 aromatic carbocycles. The summed E-state index contributed by atoms with van der Waals surface area (Å²) in [7, 11) is 1.80. The second kappa shape index (κ2) is 4.56. The second-order valence-electron chi connectivity index (χ2n) is 4.69. The summed E-state index contributed by atoms with van der Waals surface area (Å²) >= 11 is 0. The molecular formula is C13H20N2O. The predicted molar refractivity (Wildman–Crippen MR) is 68.3 cm³/mol. The molecule has 1 rings (SSSR count). The third kappa shape index (κ3) is 2.54. The van der Waals surface area contributed by atoms with Crippen LogP contribution in [0.1, 0.15) is 27.2 Å². The van der Waals surface area contributed by atoms with Gasteiger partial charge in [0.2, 0.25) is 5.91 Å². The van der Waals surface area contributed by atoms with Crippen molar-refractivity contribution in [3.63, 3.8) is 0 Å². The van der Waals surface area contributed by atoms with E-state index in [1.165, 1.54) is 0 Å². The zero-order chi connectivity index (χ0) is 12.3. The molecule has 16 heavy (non-hydrogen) atoms. The lowest BCUT2D eigenvalue weighted by Gasteiger charge is -2.28. The molecule has 0 saturated heterocycles. The molecule has 88 valence electrons. The maximum atomic E-state index is 12.2. The van der Waals surface area contributed by atoms with Crippen LogP contribution in [-0.2, 0) is 4.79 Å². The van der Waals surface area contributed by atoms with Gasteiger partial charge in [0.15, 0.2) is 0 Å². The fraction of sp³-hybridized carbons (Fsp3) is 0.462. The molecule has 2 N–H and O–H groups in total. The van der Waals surface area contributed by atoms with E-state index in [4.69, 9.17) is 5.73 Å². The van der Waals surface area contributed by atoms with E-state index in [0.717, 1.165) is 12.1 Å². The smallest absolute Gasteiger partial charge is 0.232 e. The van der Waals surface area contributed by atoms with E-state index >= 15 is 0 Å². The Hall–Kier alpha value is -1.51. The number of amides is 1. The van der Waals surface area contributed by atoms with Crippen molar-refractivity contribution in [2.45, 2.75) is 27.2 Å². The molecule has 3 nitrogen and oxygen atoms in total. The Bertz CT molecular complexity index is 368. The first-order chi connectivity index (χ1) is 7.38. The van der Waals surface area contributed by atoms with E-state index in [2.05, 4.69) is 0 Å². The van der Waals surface area contributed by atoms with Gasteiger partial charge in [0.05, 0.1) is 0 Å². The number of anilines is 2. The van der Waals surface area contributed by atoms with Crippen LogP contribution in [-0.4, -0.2) is 13.0 Å². The summed E-state index contributed by atoms with van der Waals surface area (Å²) in [5.74, 6) is 0.125. The highest BCUT2D eigenvalue weighted by molar-refractivity contribution is 5.96. The number of hydrogen-bond acceptors (Lipinski definition) is 2. The highest BCUT2D eigenvalue weighted by Gasteiger charge is 2.28. The van der Waals surface area contributed by atoms with E-state index in [1.54, 1.807) is 24.1 Å². The number of hydrogen-bond donors (Lipinski definition) is 1. The van der Waals surface area contributed by atoms with Crippen LogP contribution in [0.4, 0.5) is 11.4 Å². The van der Waals surface area contributed by atoms with Gasteiger partial charge < -0.3 is 10.6 Å². The summed E-state index contributed by atoms with van der Waals surface area (Å²) in [5.41, 5.74) is 6.87. The van der Waals surface area contributed by atoms with Crippen LogP contribution in [0.3, 0.4) is 0 Å². The molecule has 0 aliphatic carbocycles. The number of carbonyl (C=O) groups is 1. The van der Waals surface area contributed by atoms with Crippen molar-refractivity contribution in [2.75, 3.05) is 17.7 Å². The molecule has 0 spiro atoms. The zero-order valence-corrected chi connectivity index (χ0v) is 10.4. The van der Waals surface area contributed by atoms with Crippen molar-refractivity contribution in [1.29, 1.82) is 0 Å². The third-order valence-corrected chi connectivity index (χ3v) is 3.05. The average Bonchev–Trinajstić information content (AvgIpc) is 2.28. The molecule has 0 fully saturated rings. The monoisotopic (exact) mass is 220 g/mol. The number of carbonyl (C=O) groups excluding carboxylic acids is 1. The number of rotatable bonds is 3. The van der Waals surface area contributed by atoms with E-state index in [9.17, 15) is 4.79 Å². The van der Waals surface area contributed by atoms with Crippen molar-refractivity contribution in [1.82, 2.24) is 0 Å². The first-order valence-electron chi connectivity index (χ1n) is 5.52. The van der Waals surface area contributed by atoms with Crippen LogP contribution < -0.4 is 10.6 Å².